The number of ether oxygens (including phenoxy) is 1. The van der Waals surface area contributed by atoms with E-state index < -0.39 is 54.2 Å². The smallest absolute Gasteiger partial charge is 0.255 e. The van der Waals surface area contributed by atoms with E-state index >= 15 is 0 Å². The fourth-order valence-electron chi connectivity index (χ4n) is 4.84. The summed E-state index contributed by atoms with van der Waals surface area (Å²) in [6.45, 7) is 9.56. The van der Waals surface area contributed by atoms with Crippen LogP contribution in [0.15, 0.2) is 54.6 Å². The third-order valence-electron chi connectivity index (χ3n) is 7.18. The Balaban J connectivity index is 1.91. The van der Waals surface area contributed by atoms with Crippen molar-refractivity contribution in [2.24, 2.45) is 11.8 Å². The number of nitrogens with one attached hydrogen (secondary N) is 5. The fourth-order valence-corrected chi connectivity index (χ4v) is 4.84. The second-order valence-corrected chi connectivity index (χ2v) is 12.0. The standard InChI is InChI=1S/C33H45N5O6/c1-20(2)17-25-32(42)38-29(21(3)4)33(43)35-22(5)19-44-27-14-10-9-13-24(27)30(40)37-26(18-28(39)36-25)31(41)34-16-15-23-11-7-6-8-12-23/h6-14,20-22,25-26,29H,15-19H2,1-5H3,(H,34,41)(H,35,43)(H,36,39)(H,37,40)(H,38,42)/t22-,25-,26-,29+/m0/s1. The van der Waals surface area contributed by atoms with E-state index in [4.69, 9.17) is 4.74 Å². The maximum atomic E-state index is 13.4. The summed E-state index contributed by atoms with van der Waals surface area (Å²) in [7, 11) is 0. The van der Waals surface area contributed by atoms with Crippen LogP contribution < -0.4 is 31.3 Å². The number of hydrogen-bond acceptors (Lipinski definition) is 6. The Morgan fingerprint density at radius 1 is 0.886 bits per heavy atom. The van der Waals surface area contributed by atoms with E-state index in [-0.39, 0.29) is 35.7 Å². The molecule has 0 unspecified atom stereocenters. The highest BCUT2D eigenvalue weighted by atomic mass is 16.5. The van der Waals surface area contributed by atoms with Crippen LogP contribution in [0, 0.1) is 11.8 Å². The lowest BCUT2D eigenvalue weighted by Gasteiger charge is -2.27. The van der Waals surface area contributed by atoms with Crippen LogP contribution in [-0.2, 0) is 25.6 Å². The van der Waals surface area contributed by atoms with Crippen LogP contribution in [0.2, 0.25) is 0 Å². The van der Waals surface area contributed by atoms with Crippen molar-refractivity contribution in [3.8, 4) is 5.75 Å². The van der Waals surface area contributed by atoms with Gasteiger partial charge >= 0.3 is 0 Å². The zero-order valence-electron chi connectivity index (χ0n) is 26.1. The molecule has 1 heterocycles. The predicted molar refractivity (Wildman–Crippen MR) is 167 cm³/mol. The normalized spacial score (nSPS) is 22.1. The number of rotatable bonds is 7. The Bertz CT molecular complexity index is 1300. The lowest BCUT2D eigenvalue weighted by Crippen LogP contribution is -2.57. The van der Waals surface area contributed by atoms with Crippen molar-refractivity contribution in [2.45, 2.75) is 78.0 Å². The number of benzene rings is 2. The summed E-state index contributed by atoms with van der Waals surface area (Å²) >= 11 is 0. The Morgan fingerprint density at radius 2 is 1.57 bits per heavy atom. The monoisotopic (exact) mass is 607 g/mol. The Labute approximate surface area is 259 Å². The van der Waals surface area contributed by atoms with Crippen molar-refractivity contribution in [3.63, 3.8) is 0 Å². The minimum absolute atomic E-state index is 0.0388. The Morgan fingerprint density at radius 3 is 2.25 bits per heavy atom. The third-order valence-corrected chi connectivity index (χ3v) is 7.18. The van der Waals surface area contributed by atoms with Gasteiger partial charge in [-0.15, -0.1) is 0 Å². The van der Waals surface area contributed by atoms with Crippen LogP contribution in [0.1, 0.15) is 63.4 Å². The van der Waals surface area contributed by atoms with E-state index in [0.29, 0.717) is 19.4 Å². The molecule has 0 saturated heterocycles. The van der Waals surface area contributed by atoms with Gasteiger partial charge in [-0.2, -0.15) is 0 Å². The molecule has 11 heteroatoms. The minimum Gasteiger partial charge on any atom is -0.491 e. The number of hydrogen-bond donors (Lipinski definition) is 5. The van der Waals surface area contributed by atoms with E-state index in [9.17, 15) is 24.0 Å². The summed E-state index contributed by atoms with van der Waals surface area (Å²) in [6, 6.07) is 12.7. The summed E-state index contributed by atoms with van der Waals surface area (Å²) < 4.78 is 5.91. The van der Waals surface area contributed by atoms with Crippen molar-refractivity contribution in [2.75, 3.05) is 13.2 Å². The molecule has 0 saturated carbocycles. The summed E-state index contributed by atoms with van der Waals surface area (Å²) in [5.41, 5.74) is 1.20. The average molecular weight is 608 g/mol. The number of carbonyl (C=O) groups is 5. The highest BCUT2D eigenvalue weighted by Crippen LogP contribution is 2.19. The predicted octanol–water partition coefficient (Wildman–Crippen LogP) is 2.10. The molecule has 238 valence electrons. The zero-order chi connectivity index (χ0) is 32.2. The largest absolute Gasteiger partial charge is 0.491 e. The molecule has 5 N–H and O–H groups in total. The maximum Gasteiger partial charge on any atom is 0.255 e. The van der Waals surface area contributed by atoms with Gasteiger partial charge in [0.2, 0.25) is 23.6 Å². The van der Waals surface area contributed by atoms with Crippen LogP contribution in [-0.4, -0.2) is 66.9 Å². The molecule has 5 amide bonds. The summed E-state index contributed by atoms with van der Waals surface area (Å²) in [5, 5.41) is 13.9. The highest BCUT2D eigenvalue weighted by Gasteiger charge is 2.32. The quantitative estimate of drug-likeness (QED) is 0.325. The van der Waals surface area contributed by atoms with Crippen LogP contribution in [0.4, 0.5) is 0 Å². The van der Waals surface area contributed by atoms with E-state index in [1.807, 2.05) is 58.0 Å². The Hall–Kier alpha value is -4.41. The van der Waals surface area contributed by atoms with Crippen molar-refractivity contribution in [1.82, 2.24) is 26.6 Å². The van der Waals surface area contributed by atoms with Gasteiger partial charge in [-0.1, -0.05) is 70.2 Å². The molecule has 0 spiro atoms. The molecule has 2 aromatic carbocycles. The van der Waals surface area contributed by atoms with Crippen molar-refractivity contribution >= 4 is 29.5 Å². The van der Waals surface area contributed by atoms with E-state index in [1.54, 1.807) is 31.2 Å². The lowest BCUT2D eigenvalue weighted by atomic mass is 9.99. The molecule has 44 heavy (non-hydrogen) atoms. The van der Waals surface area contributed by atoms with Crippen molar-refractivity contribution in [3.05, 3.63) is 65.7 Å². The molecule has 0 bridgehead atoms. The molecule has 11 nitrogen and oxygen atoms in total. The number of carbonyl (C=O) groups excluding carboxylic acids is 5. The molecule has 0 aliphatic carbocycles. The first-order chi connectivity index (χ1) is 20.9. The van der Waals surface area contributed by atoms with Crippen molar-refractivity contribution in [1.29, 1.82) is 0 Å². The number of fused-ring (bicyclic) bond motifs is 1. The minimum atomic E-state index is -1.23. The molecule has 2 aromatic rings. The Kier molecular flexibility index (Phi) is 12.7. The number of para-hydroxylation sites is 1. The van der Waals surface area contributed by atoms with Gasteiger partial charge in [-0.3, -0.25) is 24.0 Å². The summed E-state index contributed by atoms with van der Waals surface area (Å²) in [4.78, 5) is 66.7. The van der Waals surface area contributed by atoms with E-state index in [2.05, 4.69) is 26.6 Å². The first kappa shape index (κ1) is 34.1. The fraction of sp³-hybridized carbons (Fsp3) is 0.485. The van der Waals surface area contributed by atoms with Crippen LogP contribution >= 0.6 is 0 Å². The van der Waals surface area contributed by atoms with Gasteiger partial charge in [0.25, 0.3) is 5.91 Å². The van der Waals surface area contributed by atoms with Gasteiger partial charge in [0.05, 0.1) is 18.0 Å². The van der Waals surface area contributed by atoms with E-state index in [1.165, 1.54) is 0 Å². The van der Waals surface area contributed by atoms with Gasteiger partial charge in [-0.05, 0) is 49.3 Å². The second-order valence-electron chi connectivity index (χ2n) is 12.0. The summed E-state index contributed by atoms with van der Waals surface area (Å²) in [6.07, 6.45) is 0.468. The second kappa shape index (κ2) is 16.4. The van der Waals surface area contributed by atoms with Gasteiger partial charge < -0.3 is 31.3 Å². The first-order valence-electron chi connectivity index (χ1n) is 15.2. The number of amides is 5. The average Bonchev–Trinajstić information content (AvgIpc) is 2.97. The molecule has 0 fully saturated rings. The molecule has 0 aromatic heterocycles. The van der Waals surface area contributed by atoms with Gasteiger partial charge in [0.15, 0.2) is 0 Å². The lowest BCUT2D eigenvalue weighted by molar-refractivity contribution is -0.134. The molecule has 3 rings (SSSR count). The van der Waals surface area contributed by atoms with E-state index in [0.717, 1.165) is 5.56 Å². The molecule has 0 radical (unpaired) electrons. The SMILES string of the molecule is CC(C)C[C@@H]1NC(=O)C[C@@H](C(=O)NCCc2ccccc2)NC(=O)c2ccccc2OC[C@H](C)NC(=O)[C@@H](C(C)C)NC1=O. The third kappa shape index (κ3) is 10.4. The molecule has 1 aliphatic rings. The van der Waals surface area contributed by atoms with Gasteiger partial charge in [0.1, 0.15) is 30.5 Å². The van der Waals surface area contributed by atoms with Crippen LogP contribution in [0.3, 0.4) is 0 Å². The molecular formula is C33H45N5O6. The summed E-state index contributed by atoms with van der Waals surface area (Å²) in [5.74, 6) is -2.57. The maximum absolute atomic E-state index is 13.4. The van der Waals surface area contributed by atoms with Crippen molar-refractivity contribution < 1.29 is 28.7 Å². The zero-order valence-corrected chi connectivity index (χ0v) is 26.1. The topological polar surface area (TPSA) is 155 Å². The molecule has 1 aliphatic heterocycles. The molecular weight excluding hydrogens is 562 g/mol. The highest BCUT2D eigenvalue weighted by molar-refractivity contribution is 6.01. The molecule has 4 atom stereocenters. The van der Waals surface area contributed by atoms with Gasteiger partial charge in [-0.25, -0.2) is 0 Å². The van der Waals surface area contributed by atoms with Crippen LogP contribution in [0.5, 0.6) is 5.75 Å². The van der Waals surface area contributed by atoms with Gasteiger partial charge in [0, 0.05) is 6.54 Å². The first-order valence-corrected chi connectivity index (χ1v) is 15.2. The van der Waals surface area contributed by atoms with Crippen LogP contribution in [0.25, 0.3) is 0 Å².